The molecule has 1 aromatic carbocycles. The van der Waals surface area contributed by atoms with Gasteiger partial charge in [0.15, 0.2) is 0 Å². The minimum Gasteiger partial charge on any atom is -0.370 e. The monoisotopic (exact) mass is 266 g/mol. The first-order valence-electron chi connectivity index (χ1n) is 6.99. The van der Waals surface area contributed by atoms with Crippen LogP contribution < -0.4 is 10.2 Å². The van der Waals surface area contributed by atoms with Gasteiger partial charge in [-0.1, -0.05) is 44.0 Å². The smallest absolute Gasteiger partial charge is 0.0642 e. The second-order valence-corrected chi connectivity index (χ2v) is 5.44. The Balaban J connectivity index is 2.20. The topological polar surface area (TPSA) is 15.3 Å². The van der Waals surface area contributed by atoms with Crippen molar-refractivity contribution in [2.45, 2.75) is 33.2 Å². The maximum absolute atomic E-state index is 6.41. The van der Waals surface area contributed by atoms with E-state index in [9.17, 15) is 0 Å². The van der Waals surface area contributed by atoms with Gasteiger partial charge in [-0.25, -0.2) is 0 Å². The van der Waals surface area contributed by atoms with Crippen molar-refractivity contribution >= 4 is 17.3 Å². The van der Waals surface area contributed by atoms with E-state index in [4.69, 9.17) is 11.6 Å². The number of nitrogens with zero attached hydrogens (tertiary/aromatic N) is 1. The summed E-state index contributed by atoms with van der Waals surface area (Å²) >= 11 is 6.41. The molecule has 1 fully saturated rings. The number of para-hydroxylation sites is 1. The SMILES string of the molecule is CCNCc1cccc(Cl)c1N1CCC(CC)C1. The lowest BCUT2D eigenvalue weighted by atomic mass is 10.1. The number of halogens is 1. The molecular weight excluding hydrogens is 244 g/mol. The molecule has 0 bridgehead atoms. The second kappa shape index (κ2) is 6.44. The van der Waals surface area contributed by atoms with Crippen LogP contribution in [-0.4, -0.2) is 19.6 Å². The molecule has 1 unspecified atom stereocenters. The highest BCUT2D eigenvalue weighted by atomic mass is 35.5. The van der Waals surface area contributed by atoms with Gasteiger partial charge in [-0.2, -0.15) is 0 Å². The maximum atomic E-state index is 6.41. The number of anilines is 1. The van der Waals surface area contributed by atoms with E-state index < -0.39 is 0 Å². The third kappa shape index (κ3) is 2.99. The molecule has 2 rings (SSSR count). The zero-order valence-electron chi connectivity index (χ0n) is 11.4. The van der Waals surface area contributed by atoms with Gasteiger partial charge in [0.05, 0.1) is 10.7 Å². The van der Waals surface area contributed by atoms with Gasteiger partial charge in [0.2, 0.25) is 0 Å². The van der Waals surface area contributed by atoms with Crippen molar-refractivity contribution in [2.24, 2.45) is 5.92 Å². The van der Waals surface area contributed by atoms with Gasteiger partial charge in [-0.15, -0.1) is 0 Å². The Bertz CT molecular complexity index is 392. The molecule has 1 aromatic rings. The summed E-state index contributed by atoms with van der Waals surface area (Å²) in [6.45, 7) is 8.59. The zero-order valence-corrected chi connectivity index (χ0v) is 12.1. The highest BCUT2D eigenvalue weighted by molar-refractivity contribution is 6.33. The van der Waals surface area contributed by atoms with E-state index >= 15 is 0 Å². The molecule has 1 aliphatic heterocycles. The summed E-state index contributed by atoms with van der Waals surface area (Å²) in [6.07, 6.45) is 2.56. The summed E-state index contributed by atoms with van der Waals surface area (Å²) in [6, 6.07) is 6.24. The molecule has 0 saturated carbocycles. The maximum Gasteiger partial charge on any atom is 0.0642 e. The summed E-state index contributed by atoms with van der Waals surface area (Å²) in [7, 11) is 0. The number of nitrogens with one attached hydrogen (secondary N) is 1. The Hall–Kier alpha value is -0.730. The highest BCUT2D eigenvalue weighted by Crippen LogP contribution is 2.34. The third-order valence-corrected chi connectivity index (χ3v) is 4.12. The Kier molecular flexibility index (Phi) is 4.90. The molecule has 1 atom stereocenters. The van der Waals surface area contributed by atoms with Crippen LogP contribution in [0.3, 0.4) is 0 Å². The van der Waals surface area contributed by atoms with E-state index in [2.05, 4.69) is 30.1 Å². The van der Waals surface area contributed by atoms with Crippen LogP contribution in [0.1, 0.15) is 32.3 Å². The summed E-state index contributed by atoms with van der Waals surface area (Å²) in [5.41, 5.74) is 2.57. The highest BCUT2D eigenvalue weighted by Gasteiger charge is 2.24. The van der Waals surface area contributed by atoms with Crippen molar-refractivity contribution < 1.29 is 0 Å². The Morgan fingerprint density at radius 1 is 1.39 bits per heavy atom. The van der Waals surface area contributed by atoms with Gasteiger partial charge in [-0.05, 0) is 30.5 Å². The number of hydrogen-bond acceptors (Lipinski definition) is 2. The van der Waals surface area contributed by atoms with Gasteiger partial charge in [-0.3, -0.25) is 0 Å². The molecule has 100 valence electrons. The van der Waals surface area contributed by atoms with Crippen molar-refractivity contribution in [2.75, 3.05) is 24.5 Å². The predicted molar refractivity (Wildman–Crippen MR) is 79.4 cm³/mol. The lowest BCUT2D eigenvalue weighted by Gasteiger charge is -2.23. The van der Waals surface area contributed by atoms with Crippen LogP contribution in [0.5, 0.6) is 0 Å². The van der Waals surface area contributed by atoms with Crippen molar-refractivity contribution in [1.29, 1.82) is 0 Å². The van der Waals surface area contributed by atoms with Crippen LogP contribution in [0.25, 0.3) is 0 Å². The zero-order chi connectivity index (χ0) is 13.0. The fraction of sp³-hybridized carbons (Fsp3) is 0.600. The molecule has 1 aliphatic rings. The normalized spacial score (nSPS) is 19.5. The summed E-state index contributed by atoms with van der Waals surface area (Å²) in [5.74, 6) is 0.827. The molecular formula is C15H23ClN2. The van der Waals surface area contributed by atoms with Gasteiger partial charge in [0.25, 0.3) is 0 Å². The average Bonchev–Trinajstić information content (AvgIpc) is 2.84. The van der Waals surface area contributed by atoms with Crippen LogP contribution in [0.15, 0.2) is 18.2 Å². The van der Waals surface area contributed by atoms with Crippen LogP contribution in [-0.2, 0) is 6.54 Å². The minimum absolute atomic E-state index is 0.827. The predicted octanol–water partition coefficient (Wildman–Crippen LogP) is 3.69. The molecule has 0 amide bonds. The molecule has 18 heavy (non-hydrogen) atoms. The van der Waals surface area contributed by atoms with Crippen LogP contribution >= 0.6 is 11.6 Å². The summed E-state index contributed by atoms with van der Waals surface area (Å²) < 4.78 is 0. The second-order valence-electron chi connectivity index (χ2n) is 5.04. The van der Waals surface area contributed by atoms with Crippen molar-refractivity contribution in [3.63, 3.8) is 0 Å². The first kappa shape index (κ1) is 13.7. The fourth-order valence-electron chi connectivity index (χ4n) is 2.69. The first-order valence-corrected chi connectivity index (χ1v) is 7.37. The van der Waals surface area contributed by atoms with E-state index in [1.54, 1.807) is 0 Å². The Morgan fingerprint density at radius 3 is 2.89 bits per heavy atom. The molecule has 3 heteroatoms. The van der Waals surface area contributed by atoms with Gasteiger partial charge < -0.3 is 10.2 Å². The number of hydrogen-bond donors (Lipinski definition) is 1. The Morgan fingerprint density at radius 2 is 2.22 bits per heavy atom. The van der Waals surface area contributed by atoms with Gasteiger partial charge >= 0.3 is 0 Å². The number of rotatable bonds is 5. The average molecular weight is 267 g/mol. The molecule has 2 nitrogen and oxygen atoms in total. The van der Waals surface area contributed by atoms with E-state index in [1.807, 2.05) is 12.1 Å². The molecule has 1 heterocycles. The standard InChI is InChI=1S/C15H23ClN2/c1-3-12-8-9-18(11-12)15-13(10-17-4-2)6-5-7-14(15)16/h5-7,12,17H,3-4,8-11H2,1-2H3. The van der Waals surface area contributed by atoms with Crippen molar-refractivity contribution in [1.82, 2.24) is 5.32 Å². The summed E-state index contributed by atoms with van der Waals surface area (Å²) in [4.78, 5) is 2.46. The molecule has 1 N–H and O–H groups in total. The summed E-state index contributed by atoms with van der Waals surface area (Å²) in [5, 5.41) is 4.29. The van der Waals surface area contributed by atoms with E-state index in [1.165, 1.54) is 24.1 Å². The van der Waals surface area contributed by atoms with E-state index in [-0.39, 0.29) is 0 Å². The van der Waals surface area contributed by atoms with E-state index in [0.717, 1.165) is 37.1 Å². The van der Waals surface area contributed by atoms with Crippen LogP contribution in [0.4, 0.5) is 5.69 Å². The third-order valence-electron chi connectivity index (χ3n) is 3.82. The molecule has 0 aliphatic carbocycles. The van der Waals surface area contributed by atoms with E-state index in [0.29, 0.717) is 0 Å². The van der Waals surface area contributed by atoms with Crippen LogP contribution in [0, 0.1) is 5.92 Å². The molecule has 1 saturated heterocycles. The van der Waals surface area contributed by atoms with Gasteiger partial charge in [0.1, 0.15) is 0 Å². The molecule has 0 spiro atoms. The Labute approximate surface area is 115 Å². The fourth-order valence-corrected chi connectivity index (χ4v) is 3.00. The number of benzene rings is 1. The quantitative estimate of drug-likeness (QED) is 0.875. The van der Waals surface area contributed by atoms with Crippen molar-refractivity contribution in [3.05, 3.63) is 28.8 Å². The largest absolute Gasteiger partial charge is 0.370 e. The lowest BCUT2D eigenvalue weighted by Crippen LogP contribution is -2.23. The van der Waals surface area contributed by atoms with Crippen LogP contribution in [0.2, 0.25) is 5.02 Å². The first-order chi connectivity index (χ1) is 8.76. The molecule has 0 aromatic heterocycles. The minimum atomic E-state index is 0.827. The van der Waals surface area contributed by atoms with Crippen molar-refractivity contribution in [3.8, 4) is 0 Å². The van der Waals surface area contributed by atoms with Gasteiger partial charge in [0, 0.05) is 19.6 Å². The lowest BCUT2D eigenvalue weighted by molar-refractivity contribution is 0.569. The molecule has 0 radical (unpaired) electrons.